The summed E-state index contributed by atoms with van der Waals surface area (Å²) in [5.74, 6) is 1.21. The number of alkyl halides is 4. The van der Waals surface area contributed by atoms with E-state index in [9.17, 15) is 13.2 Å². The fourth-order valence-electron chi connectivity index (χ4n) is 2.64. The van der Waals surface area contributed by atoms with E-state index < -0.39 is 11.7 Å². The van der Waals surface area contributed by atoms with Gasteiger partial charge < -0.3 is 4.57 Å². The normalized spacial score (nSPS) is 16.6. The van der Waals surface area contributed by atoms with E-state index in [-0.39, 0.29) is 0 Å². The van der Waals surface area contributed by atoms with Crippen LogP contribution in [0.1, 0.15) is 36.7 Å². The Kier molecular flexibility index (Phi) is 3.40. The van der Waals surface area contributed by atoms with Crippen LogP contribution in [0.3, 0.4) is 0 Å². The van der Waals surface area contributed by atoms with Gasteiger partial charge in [0, 0.05) is 18.3 Å². The molecule has 0 radical (unpaired) electrons. The predicted octanol–water partition coefficient (Wildman–Crippen LogP) is 4.56. The van der Waals surface area contributed by atoms with Crippen LogP contribution in [0.15, 0.2) is 18.2 Å². The molecule has 0 N–H and O–H groups in total. The lowest BCUT2D eigenvalue weighted by Gasteiger charge is -2.29. The van der Waals surface area contributed by atoms with Crippen LogP contribution < -0.4 is 0 Å². The fourth-order valence-corrected chi connectivity index (χ4v) is 2.81. The lowest BCUT2D eigenvalue weighted by molar-refractivity contribution is -0.137. The van der Waals surface area contributed by atoms with E-state index in [0.29, 0.717) is 23.9 Å². The molecule has 1 aromatic heterocycles. The standard InChI is InChI=1S/C14H14ClF3N2/c15-7-6-13-19-11-8-9(14(16,17)18)4-5-12(11)20(13)10-2-1-3-10/h4-5,8,10H,1-3,6-7H2. The van der Waals surface area contributed by atoms with E-state index in [1.165, 1.54) is 6.07 Å². The Labute approximate surface area is 119 Å². The first-order valence-corrected chi connectivity index (χ1v) is 7.18. The van der Waals surface area contributed by atoms with Crippen molar-refractivity contribution in [3.8, 4) is 0 Å². The van der Waals surface area contributed by atoms with Crippen molar-refractivity contribution in [2.45, 2.75) is 37.9 Å². The topological polar surface area (TPSA) is 17.8 Å². The van der Waals surface area contributed by atoms with Gasteiger partial charge in [0.15, 0.2) is 0 Å². The third-order valence-electron chi connectivity index (χ3n) is 3.85. The lowest BCUT2D eigenvalue weighted by Crippen LogP contribution is -2.19. The Morgan fingerprint density at radius 3 is 2.60 bits per heavy atom. The summed E-state index contributed by atoms with van der Waals surface area (Å²) in [7, 11) is 0. The van der Waals surface area contributed by atoms with Crippen LogP contribution in [0.2, 0.25) is 0 Å². The van der Waals surface area contributed by atoms with Gasteiger partial charge in [0.2, 0.25) is 0 Å². The highest BCUT2D eigenvalue weighted by molar-refractivity contribution is 6.17. The molecule has 1 heterocycles. The smallest absolute Gasteiger partial charge is 0.325 e. The Bertz CT molecular complexity index is 629. The summed E-state index contributed by atoms with van der Waals surface area (Å²) < 4.78 is 40.3. The third-order valence-corrected chi connectivity index (χ3v) is 4.04. The van der Waals surface area contributed by atoms with E-state index >= 15 is 0 Å². The van der Waals surface area contributed by atoms with Crippen molar-refractivity contribution >= 4 is 22.6 Å². The SMILES string of the molecule is FC(F)(F)c1ccc2c(c1)nc(CCCl)n2C1CCC1. The molecule has 1 fully saturated rings. The van der Waals surface area contributed by atoms with Crippen LogP contribution >= 0.6 is 11.6 Å². The molecule has 2 aromatic rings. The van der Waals surface area contributed by atoms with Gasteiger partial charge in [-0.1, -0.05) is 0 Å². The minimum Gasteiger partial charge on any atom is -0.325 e. The molecule has 0 aliphatic heterocycles. The average Bonchev–Trinajstić information content (AvgIpc) is 2.65. The van der Waals surface area contributed by atoms with Gasteiger partial charge in [-0.25, -0.2) is 4.98 Å². The zero-order valence-corrected chi connectivity index (χ0v) is 11.5. The van der Waals surface area contributed by atoms with Gasteiger partial charge in [-0.15, -0.1) is 11.6 Å². The van der Waals surface area contributed by atoms with Gasteiger partial charge in [0.25, 0.3) is 0 Å². The first-order valence-electron chi connectivity index (χ1n) is 6.64. The lowest BCUT2D eigenvalue weighted by atomic mass is 9.92. The van der Waals surface area contributed by atoms with Crippen LogP contribution in [0.25, 0.3) is 11.0 Å². The number of halogens is 4. The van der Waals surface area contributed by atoms with Crippen molar-refractivity contribution in [2.75, 3.05) is 5.88 Å². The van der Waals surface area contributed by atoms with E-state index in [1.807, 2.05) is 0 Å². The Morgan fingerprint density at radius 1 is 1.30 bits per heavy atom. The molecule has 0 atom stereocenters. The van der Waals surface area contributed by atoms with Crippen molar-refractivity contribution in [3.05, 3.63) is 29.6 Å². The van der Waals surface area contributed by atoms with E-state index in [4.69, 9.17) is 11.6 Å². The molecular formula is C14H14ClF3N2. The van der Waals surface area contributed by atoms with Gasteiger partial charge >= 0.3 is 6.18 Å². The molecule has 20 heavy (non-hydrogen) atoms. The molecule has 0 amide bonds. The van der Waals surface area contributed by atoms with Gasteiger partial charge in [-0.2, -0.15) is 13.2 Å². The van der Waals surface area contributed by atoms with Crippen molar-refractivity contribution < 1.29 is 13.2 Å². The largest absolute Gasteiger partial charge is 0.416 e. The molecular weight excluding hydrogens is 289 g/mol. The minimum atomic E-state index is -4.33. The van der Waals surface area contributed by atoms with E-state index in [2.05, 4.69) is 9.55 Å². The van der Waals surface area contributed by atoms with Crippen molar-refractivity contribution in [1.29, 1.82) is 0 Å². The van der Waals surface area contributed by atoms with Crippen molar-refractivity contribution in [2.24, 2.45) is 0 Å². The predicted molar refractivity (Wildman–Crippen MR) is 72.0 cm³/mol. The fraction of sp³-hybridized carbons (Fsp3) is 0.500. The van der Waals surface area contributed by atoms with Crippen LogP contribution in [0.5, 0.6) is 0 Å². The molecule has 1 aliphatic rings. The Morgan fingerprint density at radius 2 is 2.05 bits per heavy atom. The quantitative estimate of drug-likeness (QED) is 0.760. The van der Waals surface area contributed by atoms with Gasteiger partial charge in [0.05, 0.1) is 16.6 Å². The average molecular weight is 303 g/mol. The summed E-state index contributed by atoms with van der Waals surface area (Å²) in [6.07, 6.45) is -0.482. The summed E-state index contributed by atoms with van der Waals surface area (Å²) in [6, 6.07) is 4.14. The first kappa shape index (κ1) is 13.7. The maximum atomic E-state index is 12.8. The van der Waals surface area contributed by atoms with Crippen molar-refractivity contribution in [1.82, 2.24) is 9.55 Å². The zero-order valence-electron chi connectivity index (χ0n) is 10.8. The number of nitrogens with zero attached hydrogens (tertiary/aromatic N) is 2. The number of benzene rings is 1. The van der Waals surface area contributed by atoms with Crippen LogP contribution in [0.4, 0.5) is 13.2 Å². The summed E-state index contributed by atoms with van der Waals surface area (Å²) in [6.45, 7) is 0. The number of fused-ring (bicyclic) bond motifs is 1. The molecule has 0 unspecified atom stereocenters. The first-order chi connectivity index (χ1) is 9.50. The molecule has 6 heteroatoms. The molecule has 108 valence electrons. The van der Waals surface area contributed by atoms with Gasteiger partial charge in [-0.3, -0.25) is 0 Å². The summed E-state index contributed by atoms with van der Waals surface area (Å²) >= 11 is 5.77. The highest BCUT2D eigenvalue weighted by Crippen LogP contribution is 2.37. The number of hydrogen-bond donors (Lipinski definition) is 0. The molecule has 2 nitrogen and oxygen atoms in total. The maximum absolute atomic E-state index is 12.8. The molecule has 1 aromatic carbocycles. The molecule has 0 spiro atoms. The second-order valence-corrected chi connectivity index (χ2v) is 5.50. The molecule has 0 saturated heterocycles. The zero-order chi connectivity index (χ0) is 14.3. The molecule has 0 bridgehead atoms. The third kappa shape index (κ3) is 2.28. The Balaban J connectivity index is 2.12. The monoisotopic (exact) mass is 302 g/mol. The second-order valence-electron chi connectivity index (χ2n) is 5.12. The van der Waals surface area contributed by atoms with Crippen LogP contribution in [-0.4, -0.2) is 15.4 Å². The number of rotatable bonds is 3. The summed E-state index contributed by atoms with van der Waals surface area (Å²) in [4.78, 5) is 4.36. The Hall–Kier alpha value is -1.23. The van der Waals surface area contributed by atoms with Crippen molar-refractivity contribution in [3.63, 3.8) is 0 Å². The maximum Gasteiger partial charge on any atom is 0.416 e. The van der Waals surface area contributed by atoms with E-state index in [0.717, 1.165) is 42.7 Å². The molecule has 3 rings (SSSR count). The molecule has 1 saturated carbocycles. The van der Waals surface area contributed by atoms with Gasteiger partial charge in [-0.05, 0) is 37.5 Å². The highest BCUT2D eigenvalue weighted by Gasteiger charge is 2.32. The van der Waals surface area contributed by atoms with Gasteiger partial charge in [0.1, 0.15) is 5.82 Å². The summed E-state index contributed by atoms with van der Waals surface area (Å²) in [5, 5.41) is 0. The second kappa shape index (κ2) is 4.95. The van der Waals surface area contributed by atoms with E-state index in [1.54, 1.807) is 0 Å². The number of hydrogen-bond acceptors (Lipinski definition) is 1. The molecule has 1 aliphatic carbocycles. The number of aromatic nitrogens is 2. The van der Waals surface area contributed by atoms with Crippen LogP contribution in [0, 0.1) is 0 Å². The number of aryl methyl sites for hydroxylation is 1. The highest BCUT2D eigenvalue weighted by atomic mass is 35.5. The summed E-state index contributed by atoms with van der Waals surface area (Å²) in [5.41, 5.74) is 0.537. The number of imidazole rings is 1. The minimum absolute atomic E-state index is 0.356. The van der Waals surface area contributed by atoms with Crippen LogP contribution in [-0.2, 0) is 12.6 Å².